The zero-order valence-electron chi connectivity index (χ0n) is 10.7. The highest BCUT2D eigenvalue weighted by atomic mass is 35.5. The van der Waals surface area contributed by atoms with Crippen molar-refractivity contribution in [1.82, 2.24) is 5.32 Å². The van der Waals surface area contributed by atoms with Crippen molar-refractivity contribution in [2.24, 2.45) is 0 Å². The van der Waals surface area contributed by atoms with E-state index < -0.39 is 15.1 Å². The van der Waals surface area contributed by atoms with Crippen LogP contribution in [0, 0.1) is 0 Å². The minimum Gasteiger partial charge on any atom is -0.312 e. The van der Waals surface area contributed by atoms with Crippen molar-refractivity contribution in [2.45, 2.75) is 30.6 Å². The summed E-state index contributed by atoms with van der Waals surface area (Å²) >= 11 is 12.2. The van der Waals surface area contributed by atoms with Gasteiger partial charge in [-0.25, -0.2) is 8.42 Å². The van der Waals surface area contributed by atoms with Gasteiger partial charge < -0.3 is 5.32 Å². The Hall–Kier alpha value is -0.290. The summed E-state index contributed by atoms with van der Waals surface area (Å²) in [5, 5.41) is 3.55. The second-order valence-electron chi connectivity index (χ2n) is 4.81. The predicted octanol–water partition coefficient (Wildman–Crippen LogP) is 3.22. The molecular weight excluding hydrogens is 305 g/mol. The van der Waals surface area contributed by atoms with E-state index in [2.05, 4.69) is 5.32 Å². The molecule has 2 atom stereocenters. The van der Waals surface area contributed by atoms with E-state index in [1.54, 1.807) is 19.2 Å². The summed E-state index contributed by atoms with van der Waals surface area (Å²) in [6, 6.07) is 5.02. The van der Waals surface area contributed by atoms with Crippen molar-refractivity contribution in [3.63, 3.8) is 0 Å². The smallest absolute Gasteiger partial charge is 0.155 e. The van der Waals surface area contributed by atoms with Crippen LogP contribution in [0.2, 0.25) is 10.0 Å². The highest BCUT2D eigenvalue weighted by Gasteiger charge is 2.36. The van der Waals surface area contributed by atoms with E-state index in [0.717, 1.165) is 18.4 Å². The quantitative estimate of drug-likeness (QED) is 0.929. The number of sulfone groups is 1. The summed E-state index contributed by atoms with van der Waals surface area (Å²) in [6.07, 6.45) is 2.34. The number of rotatable bonds is 3. The van der Waals surface area contributed by atoms with Gasteiger partial charge >= 0.3 is 0 Å². The number of benzene rings is 1. The average Bonchev–Trinajstić information content (AvgIpc) is 2.37. The van der Waals surface area contributed by atoms with Crippen LogP contribution in [0.4, 0.5) is 0 Å². The molecule has 1 aliphatic rings. The largest absolute Gasteiger partial charge is 0.312 e. The van der Waals surface area contributed by atoms with Crippen LogP contribution >= 0.6 is 23.2 Å². The first-order valence-electron chi connectivity index (χ1n) is 6.30. The normalized spacial score (nSPS) is 24.1. The lowest BCUT2D eigenvalue weighted by Crippen LogP contribution is -2.39. The zero-order valence-corrected chi connectivity index (χ0v) is 13.0. The van der Waals surface area contributed by atoms with Crippen LogP contribution in [0.3, 0.4) is 0 Å². The van der Waals surface area contributed by atoms with Gasteiger partial charge in [0.1, 0.15) is 0 Å². The second-order valence-corrected chi connectivity index (χ2v) is 7.94. The van der Waals surface area contributed by atoms with Crippen molar-refractivity contribution in [3.8, 4) is 0 Å². The van der Waals surface area contributed by atoms with Gasteiger partial charge in [0.15, 0.2) is 9.84 Å². The molecule has 0 amide bonds. The lowest BCUT2D eigenvalue weighted by molar-refractivity contribution is 0.469. The Balaban J connectivity index is 2.42. The Morgan fingerprint density at radius 3 is 2.68 bits per heavy atom. The highest BCUT2D eigenvalue weighted by Crippen LogP contribution is 2.36. The molecule has 0 aliphatic carbocycles. The SMILES string of the molecule is CNC(c1cccc(Cl)c1Cl)C1CCCCS1(=O)=O. The van der Waals surface area contributed by atoms with Crippen LogP contribution in [0.15, 0.2) is 18.2 Å². The fraction of sp³-hybridized carbons (Fsp3) is 0.538. The molecule has 3 nitrogen and oxygen atoms in total. The van der Waals surface area contributed by atoms with Crippen LogP contribution in [0.5, 0.6) is 0 Å². The minimum atomic E-state index is -3.08. The van der Waals surface area contributed by atoms with Crippen molar-refractivity contribution >= 4 is 33.0 Å². The zero-order chi connectivity index (χ0) is 14.0. The average molecular weight is 322 g/mol. The van der Waals surface area contributed by atoms with E-state index in [9.17, 15) is 8.42 Å². The van der Waals surface area contributed by atoms with Crippen LogP contribution in [0.25, 0.3) is 0 Å². The molecule has 2 unspecified atom stereocenters. The van der Waals surface area contributed by atoms with Crippen LogP contribution in [-0.4, -0.2) is 26.5 Å². The van der Waals surface area contributed by atoms with E-state index in [1.165, 1.54) is 0 Å². The van der Waals surface area contributed by atoms with Gasteiger partial charge in [0.05, 0.1) is 27.1 Å². The summed E-state index contributed by atoms with van der Waals surface area (Å²) in [7, 11) is -1.32. The summed E-state index contributed by atoms with van der Waals surface area (Å²) in [5.41, 5.74) is 0.757. The van der Waals surface area contributed by atoms with Gasteiger partial charge in [0.25, 0.3) is 0 Å². The molecule has 106 valence electrons. The summed E-state index contributed by atoms with van der Waals surface area (Å²) in [4.78, 5) is 0. The first-order chi connectivity index (χ1) is 8.97. The Morgan fingerprint density at radius 1 is 1.32 bits per heavy atom. The predicted molar refractivity (Wildman–Crippen MR) is 79.7 cm³/mol. The molecule has 0 saturated carbocycles. The van der Waals surface area contributed by atoms with Crippen LogP contribution in [-0.2, 0) is 9.84 Å². The van der Waals surface area contributed by atoms with Crippen molar-refractivity contribution < 1.29 is 8.42 Å². The molecule has 0 radical (unpaired) electrons. The Morgan fingerprint density at radius 2 is 2.05 bits per heavy atom. The maximum absolute atomic E-state index is 12.2. The van der Waals surface area contributed by atoms with Crippen molar-refractivity contribution in [1.29, 1.82) is 0 Å². The number of nitrogens with one attached hydrogen (secondary N) is 1. The topological polar surface area (TPSA) is 46.2 Å². The Kier molecular flexibility index (Phi) is 4.77. The van der Waals surface area contributed by atoms with Crippen LogP contribution < -0.4 is 5.32 Å². The van der Waals surface area contributed by atoms with Gasteiger partial charge in [0.2, 0.25) is 0 Å². The molecule has 1 N–H and O–H groups in total. The number of halogens is 2. The maximum Gasteiger partial charge on any atom is 0.155 e. The molecule has 1 aromatic carbocycles. The molecular formula is C13H17Cl2NO2S. The molecule has 1 aliphatic heterocycles. The summed E-state index contributed by atoms with van der Waals surface area (Å²) < 4.78 is 24.5. The molecule has 19 heavy (non-hydrogen) atoms. The standard InChI is InChI=1S/C13H17Cl2NO2S/c1-16-13(9-5-4-6-10(14)12(9)15)11-7-2-3-8-19(11,17)18/h4-6,11,13,16H,2-3,7-8H2,1H3. The van der Waals surface area contributed by atoms with E-state index in [0.29, 0.717) is 16.5 Å². The monoisotopic (exact) mass is 321 g/mol. The molecule has 2 rings (SSSR count). The molecule has 1 aromatic rings. The van der Waals surface area contributed by atoms with Crippen LogP contribution in [0.1, 0.15) is 30.9 Å². The molecule has 6 heteroatoms. The van der Waals surface area contributed by atoms with E-state index in [1.807, 2.05) is 6.07 Å². The van der Waals surface area contributed by atoms with Gasteiger partial charge in [-0.15, -0.1) is 0 Å². The summed E-state index contributed by atoms with van der Waals surface area (Å²) in [6.45, 7) is 0. The third kappa shape index (κ3) is 3.07. The van der Waals surface area contributed by atoms with Gasteiger partial charge in [-0.05, 0) is 31.5 Å². The lowest BCUT2D eigenvalue weighted by atomic mass is 9.99. The van der Waals surface area contributed by atoms with Crippen molar-refractivity contribution in [3.05, 3.63) is 33.8 Å². The molecule has 0 aromatic heterocycles. The molecule has 1 fully saturated rings. The Bertz CT molecular complexity index is 560. The minimum absolute atomic E-state index is 0.258. The molecule has 1 saturated heterocycles. The fourth-order valence-electron chi connectivity index (χ4n) is 2.66. The molecule has 0 spiro atoms. The summed E-state index contributed by atoms with van der Waals surface area (Å²) in [5.74, 6) is 0.258. The van der Waals surface area contributed by atoms with E-state index in [-0.39, 0.29) is 11.8 Å². The van der Waals surface area contributed by atoms with Gasteiger partial charge in [-0.3, -0.25) is 0 Å². The third-order valence-corrected chi connectivity index (χ3v) is 6.75. The van der Waals surface area contributed by atoms with E-state index in [4.69, 9.17) is 23.2 Å². The van der Waals surface area contributed by atoms with Gasteiger partial charge in [-0.1, -0.05) is 41.8 Å². The Labute approximate surface area is 124 Å². The number of hydrogen-bond donors (Lipinski definition) is 1. The molecule has 0 bridgehead atoms. The van der Waals surface area contributed by atoms with Crippen molar-refractivity contribution in [2.75, 3.05) is 12.8 Å². The van der Waals surface area contributed by atoms with E-state index >= 15 is 0 Å². The number of hydrogen-bond acceptors (Lipinski definition) is 3. The second kappa shape index (κ2) is 6.00. The molecule has 1 heterocycles. The first kappa shape index (κ1) is 15.1. The first-order valence-corrected chi connectivity index (χ1v) is 8.77. The highest BCUT2D eigenvalue weighted by molar-refractivity contribution is 7.92. The third-order valence-electron chi connectivity index (χ3n) is 3.63. The van der Waals surface area contributed by atoms with Gasteiger partial charge in [-0.2, -0.15) is 0 Å². The fourth-order valence-corrected chi connectivity index (χ4v) is 5.21. The lowest BCUT2D eigenvalue weighted by Gasteiger charge is -2.30. The van der Waals surface area contributed by atoms with Gasteiger partial charge in [0, 0.05) is 0 Å². The maximum atomic E-state index is 12.2.